The van der Waals surface area contributed by atoms with Crippen molar-refractivity contribution in [1.82, 2.24) is 0 Å². The minimum absolute atomic E-state index is 0.104. The van der Waals surface area contributed by atoms with Crippen LogP contribution < -0.4 is 5.73 Å². The number of benzene rings is 1. The maximum Gasteiger partial charge on any atom is 0.124 e. The van der Waals surface area contributed by atoms with Crippen molar-refractivity contribution in [1.29, 1.82) is 0 Å². The minimum atomic E-state index is -0.319. The SMILES string of the molecule is CCC(CC)C(N)c1ccc(F)cc1Cl. The monoisotopic (exact) mass is 229 g/mol. The Morgan fingerprint density at radius 1 is 1.33 bits per heavy atom. The molecular weight excluding hydrogens is 213 g/mol. The number of halogens is 2. The zero-order valence-corrected chi connectivity index (χ0v) is 9.89. The van der Waals surface area contributed by atoms with Gasteiger partial charge < -0.3 is 5.73 Å². The summed E-state index contributed by atoms with van der Waals surface area (Å²) in [4.78, 5) is 0. The molecule has 1 unspecified atom stereocenters. The van der Waals surface area contributed by atoms with Gasteiger partial charge in [0.15, 0.2) is 0 Å². The Morgan fingerprint density at radius 3 is 2.40 bits per heavy atom. The summed E-state index contributed by atoms with van der Waals surface area (Å²) in [7, 11) is 0. The summed E-state index contributed by atoms with van der Waals surface area (Å²) < 4.78 is 12.9. The Bertz CT molecular complexity index is 323. The van der Waals surface area contributed by atoms with E-state index < -0.39 is 0 Å². The van der Waals surface area contributed by atoms with Crippen molar-refractivity contribution < 1.29 is 4.39 Å². The lowest BCUT2D eigenvalue weighted by Gasteiger charge is -2.22. The van der Waals surface area contributed by atoms with Crippen LogP contribution in [-0.2, 0) is 0 Å². The standard InChI is InChI=1S/C12H17ClFN/c1-3-8(4-2)12(15)10-6-5-9(14)7-11(10)13/h5-8,12H,3-4,15H2,1-2H3. The van der Waals surface area contributed by atoms with Crippen LogP contribution in [0.2, 0.25) is 5.02 Å². The Balaban J connectivity index is 2.94. The fourth-order valence-electron chi connectivity index (χ4n) is 1.82. The molecule has 0 aliphatic carbocycles. The van der Waals surface area contributed by atoms with Crippen molar-refractivity contribution in [3.8, 4) is 0 Å². The fraction of sp³-hybridized carbons (Fsp3) is 0.500. The molecule has 0 amide bonds. The van der Waals surface area contributed by atoms with Gasteiger partial charge in [0.1, 0.15) is 5.82 Å². The first-order valence-corrected chi connectivity index (χ1v) is 5.68. The van der Waals surface area contributed by atoms with E-state index in [0.29, 0.717) is 10.9 Å². The van der Waals surface area contributed by atoms with Crippen LogP contribution in [0.5, 0.6) is 0 Å². The Kier molecular flexibility index (Phi) is 4.55. The Hall–Kier alpha value is -0.600. The van der Waals surface area contributed by atoms with Crippen molar-refractivity contribution in [2.24, 2.45) is 11.7 Å². The molecule has 2 N–H and O–H groups in total. The van der Waals surface area contributed by atoms with Gasteiger partial charge in [0, 0.05) is 11.1 Å². The second-order valence-electron chi connectivity index (χ2n) is 3.77. The van der Waals surface area contributed by atoms with Crippen molar-refractivity contribution in [3.05, 3.63) is 34.6 Å². The molecule has 0 aromatic heterocycles. The summed E-state index contributed by atoms with van der Waals surface area (Å²) in [5.41, 5.74) is 6.94. The summed E-state index contributed by atoms with van der Waals surface area (Å²) in [6.45, 7) is 4.21. The topological polar surface area (TPSA) is 26.0 Å². The molecule has 1 rings (SSSR count). The maximum absolute atomic E-state index is 12.9. The zero-order valence-electron chi connectivity index (χ0n) is 9.13. The van der Waals surface area contributed by atoms with Gasteiger partial charge in [-0.05, 0) is 23.6 Å². The number of nitrogens with two attached hydrogens (primary N) is 1. The van der Waals surface area contributed by atoms with Crippen LogP contribution in [0.15, 0.2) is 18.2 Å². The highest BCUT2D eigenvalue weighted by molar-refractivity contribution is 6.31. The summed E-state index contributed by atoms with van der Waals surface area (Å²) in [5.74, 6) is 0.0773. The molecule has 1 atom stereocenters. The summed E-state index contributed by atoms with van der Waals surface area (Å²) in [6, 6.07) is 4.30. The van der Waals surface area contributed by atoms with Crippen molar-refractivity contribution in [2.45, 2.75) is 32.7 Å². The predicted octanol–water partition coefficient (Wildman–Crippen LogP) is 3.92. The molecule has 1 aromatic carbocycles. The molecular formula is C12H17ClFN. The van der Waals surface area contributed by atoms with E-state index in [4.69, 9.17) is 17.3 Å². The van der Waals surface area contributed by atoms with Gasteiger partial charge in [-0.2, -0.15) is 0 Å². The first kappa shape index (κ1) is 12.5. The van der Waals surface area contributed by atoms with Crippen LogP contribution in [0.3, 0.4) is 0 Å². The molecule has 0 saturated heterocycles. The van der Waals surface area contributed by atoms with Gasteiger partial charge in [0.05, 0.1) is 0 Å². The maximum atomic E-state index is 12.9. The van der Waals surface area contributed by atoms with Crippen LogP contribution in [0.25, 0.3) is 0 Å². The van der Waals surface area contributed by atoms with E-state index in [1.807, 2.05) is 0 Å². The molecule has 0 aliphatic rings. The molecule has 15 heavy (non-hydrogen) atoms. The van der Waals surface area contributed by atoms with Gasteiger partial charge in [0.25, 0.3) is 0 Å². The predicted molar refractivity (Wildman–Crippen MR) is 62.4 cm³/mol. The average Bonchev–Trinajstić information content (AvgIpc) is 2.19. The highest BCUT2D eigenvalue weighted by Crippen LogP contribution is 2.30. The van der Waals surface area contributed by atoms with Gasteiger partial charge in [-0.1, -0.05) is 44.4 Å². The largest absolute Gasteiger partial charge is 0.324 e. The quantitative estimate of drug-likeness (QED) is 0.832. The van der Waals surface area contributed by atoms with E-state index in [2.05, 4.69) is 13.8 Å². The van der Waals surface area contributed by atoms with E-state index >= 15 is 0 Å². The Morgan fingerprint density at radius 2 is 1.93 bits per heavy atom. The highest BCUT2D eigenvalue weighted by Gasteiger charge is 2.18. The normalized spacial score (nSPS) is 13.2. The van der Waals surface area contributed by atoms with Crippen LogP contribution in [0.1, 0.15) is 38.3 Å². The lowest BCUT2D eigenvalue weighted by atomic mass is 9.89. The molecule has 0 aliphatic heterocycles. The molecule has 1 aromatic rings. The van der Waals surface area contributed by atoms with E-state index in [9.17, 15) is 4.39 Å². The first-order chi connectivity index (χ1) is 7.10. The molecule has 1 nitrogen and oxygen atoms in total. The molecule has 84 valence electrons. The van der Waals surface area contributed by atoms with Crippen LogP contribution in [0, 0.1) is 11.7 Å². The van der Waals surface area contributed by atoms with Gasteiger partial charge in [-0.3, -0.25) is 0 Å². The third-order valence-corrected chi connectivity index (χ3v) is 3.21. The van der Waals surface area contributed by atoms with Crippen LogP contribution in [0.4, 0.5) is 4.39 Å². The highest BCUT2D eigenvalue weighted by atomic mass is 35.5. The molecule has 0 bridgehead atoms. The van der Waals surface area contributed by atoms with E-state index in [0.717, 1.165) is 18.4 Å². The molecule has 0 saturated carbocycles. The third kappa shape index (κ3) is 2.93. The number of hydrogen-bond acceptors (Lipinski definition) is 1. The van der Waals surface area contributed by atoms with E-state index in [-0.39, 0.29) is 11.9 Å². The smallest absolute Gasteiger partial charge is 0.124 e. The minimum Gasteiger partial charge on any atom is -0.324 e. The van der Waals surface area contributed by atoms with E-state index in [1.54, 1.807) is 6.07 Å². The second kappa shape index (κ2) is 5.47. The Labute approximate surface area is 95.4 Å². The third-order valence-electron chi connectivity index (χ3n) is 2.88. The molecule has 0 radical (unpaired) electrons. The van der Waals surface area contributed by atoms with Crippen LogP contribution >= 0.6 is 11.6 Å². The van der Waals surface area contributed by atoms with Gasteiger partial charge in [0.2, 0.25) is 0 Å². The number of hydrogen-bond donors (Lipinski definition) is 1. The molecule has 3 heteroatoms. The zero-order chi connectivity index (χ0) is 11.4. The van der Waals surface area contributed by atoms with Crippen molar-refractivity contribution in [2.75, 3.05) is 0 Å². The van der Waals surface area contributed by atoms with Crippen molar-refractivity contribution in [3.63, 3.8) is 0 Å². The van der Waals surface area contributed by atoms with Gasteiger partial charge in [-0.25, -0.2) is 4.39 Å². The van der Waals surface area contributed by atoms with Crippen molar-refractivity contribution >= 4 is 11.6 Å². The molecule has 0 heterocycles. The second-order valence-corrected chi connectivity index (χ2v) is 4.18. The van der Waals surface area contributed by atoms with Gasteiger partial charge in [-0.15, -0.1) is 0 Å². The summed E-state index contributed by atoms with van der Waals surface area (Å²) in [5, 5.41) is 0.425. The molecule has 0 spiro atoms. The molecule has 0 fully saturated rings. The average molecular weight is 230 g/mol. The number of rotatable bonds is 4. The summed E-state index contributed by atoms with van der Waals surface area (Å²) >= 11 is 5.96. The van der Waals surface area contributed by atoms with Gasteiger partial charge >= 0.3 is 0 Å². The lowest BCUT2D eigenvalue weighted by Crippen LogP contribution is -2.20. The first-order valence-electron chi connectivity index (χ1n) is 5.30. The van der Waals surface area contributed by atoms with E-state index in [1.165, 1.54) is 12.1 Å². The lowest BCUT2D eigenvalue weighted by molar-refractivity contribution is 0.405. The fourth-order valence-corrected chi connectivity index (χ4v) is 2.12. The van der Waals surface area contributed by atoms with Crippen LogP contribution in [-0.4, -0.2) is 0 Å². The summed E-state index contributed by atoms with van der Waals surface area (Å²) in [6.07, 6.45) is 2.01.